The Balaban J connectivity index is 2.06. The Bertz CT molecular complexity index is 498. The maximum Gasteiger partial charge on any atom is 0.137 e. The van der Waals surface area contributed by atoms with Gasteiger partial charge in [-0.25, -0.2) is 4.39 Å². The molecule has 1 aromatic rings. The number of rotatable bonds is 4. The Morgan fingerprint density at radius 2 is 2.10 bits per heavy atom. The SMILES string of the molecule is CCCC1CCC(C#N)(Cc2ccc(F)c(Br)c2)CC1. The summed E-state index contributed by atoms with van der Waals surface area (Å²) in [6.45, 7) is 2.22. The monoisotopic (exact) mass is 337 g/mol. The Morgan fingerprint density at radius 3 is 2.65 bits per heavy atom. The van der Waals surface area contributed by atoms with E-state index < -0.39 is 0 Å². The molecule has 0 unspecified atom stereocenters. The zero-order valence-electron chi connectivity index (χ0n) is 12.0. The van der Waals surface area contributed by atoms with Crippen molar-refractivity contribution < 1.29 is 4.39 Å². The van der Waals surface area contributed by atoms with Crippen molar-refractivity contribution in [3.63, 3.8) is 0 Å². The van der Waals surface area contributed by atoms with Crippen LogP contribution in [0.25, 0.3) is 0 Å². The topological polar surface area (TPSA) is 23.8 Å². The molecule has 1 saturated carbocycles. The zero-order chi connectivity index (χ0) is 14.6. The van der Waals surface area contributed by atoms with E-state index in [0.717, 1.165) is 43.6 Å². The lowest BCUT2D eigenvalue weighted by molar-refractivity contribution is 0.200. The van der Waals surface area contributed by atoms with Crippen LogP contribution in [0.2, 0.25) is 0 Å². The van der Waals surface area contributed by atoms with Gasteiger partial charge in [-0.2, -0.15) is 5.26 Å². The van der Waals surface area contributed by atoms with Crippen molar-refractivity contribution in [2.75, 3.05) is 0 Å². The minimum absolute atomic E-state index is 0.244. The molecule has 0 radical (unpaired) electrons. The molecule has 0 saturated heterocycles. The number of nitriles is 1. The second-order valence-corrected chi connectivity index (χ2v) is 6.90. The lowest BCUT2D eigenvalue weighted by Crippen LogP contribution is -2.28. The van der Waals surface area contributed by atoms with Crippen LogP contribution in [0.1, 0.15) is 51.0 Å². The van der Waals surface area contributed by atoms with E-state index in [1.54, 1.807) is 6.07 Å². The largest absolute Gasteiger partial charge is 0.206 e. The summed E-state index contributed by atoms with van der Waals surface area (Å²) in [7, 11) is 0. The molecule has 2 rings (SSSR count). The van der Waals surface area contributed by atoms with E-state index in [1.807, 2.05) is 6.07 Å². The van der Waals surface area contributed by atoms with Crippen LogP contribution >= 0.6 is 15.9 Å². The first-order valence-electron chi connectivity index (χ1n) is 7.44. The van der Waals surface area contributed by atoms with Crippen LogP contribution in [0.15, 0.2) is 22.7 Å². The zero-order valence-corrected chi connectivity index (χ0v) is 13.5. The molecule has 3 heteroatoms. The average Bonchev–Trinajstić information content (AvgIpc) is 2.46. The summed E-state index contributed by atoms with van der Waals surface area (Å²) in [5.74, 6) is 0.549. The van der Waals surface area contributed by atoms with Gasteiger partial charge in [0.1, 0.15) is 5.82 Å². The molecule has 1 aromatic carbocycles. The summed E-state index contributed by atoms with van der Waals surface area (Å²) >= 11 is 3.22. The number of hydrogen-bond donors (Lipinski definition) is 0. The van der Waals surface area contributed by atoms with E-state index >= 15 is 0 Å². The molecule has 0 heterocycles. The van der Waals surface area contributed by atoms with Crippen molar-refractivity contribution in [2.24, 2.45) is 11.3 Å². The van der Waals surface area contributed by atoms with Crippen LogP contribution in [0, 0.1) is 28.5 Å². The highest BCUT2D eigenvalue weighted by Crippen LogP contribution is 2.42. The molecular weight excluding hydrogens is 317 g/mol. The minimum atomic E-state index is -0.249. The number of nitrogens with zero attached hydrogens (tertiary/aromatic N) is 1. The second kappa shape index (κ2) is 6.72. The van der Waals surface area contributed by atoms with E-state index in [4.69, 9.17) is 0 Å². The van der Waals surface area contributed by atoms with Gasteiger partial charge in [-0.05, 0) is 71.6 Å². The van der Waals surface area contributed by atoms with Gasteiger partial charge in [-0.1, -0.05) is 25.8 Å². The third-order valence-corrected chi connectivity index (χ3v) is 5.13. The number of hydrogen-bond acceptors (Lipinski definition) is 1. The van der Waals surface area contributed by atoms with Gasteiger partial charge in [-0.15, -0.1) is 0 Å². The van der Waals surface area contributed by atoms with E-state index in [2.05, 4.69) is 28.9 Å². The van der Waals surface area contributed by atoms with Gasteiger partial charge < -0.3 is 0 Å². The second-order valence-electron chi connectivity index (χ2n) is 6.05. The molecule has 0 spiro atoms. The van der Waals surface area contributed by atoms with Crippen LogP contribution in [-0.2, 0) is 6.42 Å². The third-order valence-electron chi connectivity index (χ3n) is 4.52. The smallest absolute Gasteiger partial charge is 0.137 e. The summed E-state index contributed by atoms with van der Waals surface area (Å²) < 4.78 is 13.8. The number of benzene rings is 1. The predicted octanol–water partition coefficient (Wildman–Crippen LogP) is 5.63. The average molecular weight is 338 g/mol. The first kappa shape index (κ1) is 15.5. The summed E-state index contributed by atoms with van der Waals surface area (Å²) in [6.07, 6.45) is 7.51. The van der Waals surface area contributed by atoms with Gasteiger partial charge in [0.25, 0.3) is 0 Å². The van der Waals surface area contributed by atoms with E-state index in [1.165, 1.54) is 18.9 Å². The van der Waals surface area contributed by atoms with Crippen molar-refractivity contribution in [3.8, 4) is 6.07 Å². The molecule has 0 N–H and O–H groups in total. The first-order chi connectivity index (χ1) is 9.58. The third kappa shape index (κ3) is 3.61. The molecular formula is C17H21BrFN. The maximum absolute atomic E-state index is 13.3. The molecule has 1 aliphatic carbocycles. The Hall–Kier alpha value is -0.880. The van der Waals surface area contributed by atoms with Crippen LogP contribution in [0.4, 0.5) is 4.39 Å². The normalized spacial score (nSPS) is 26.2. The van der Waals surface area contributed by atoms with Crippen molar-refractivity contribution in [1.82, 2.24) is 0 Å². The molecule has 1 aliphatic rings. The van der Waals surface area contributed by atoms with Gasteiger partial charge in [0.05, 0.1) is 16.0 Å². The molecule has 0 bridgehead atoms. The van der Waals surface area contributed by atoms with Crippen LogP contribution in [0.3, 0.4) is 0 Å². The molecule has 1 nitrogen and oxygen atoms in total. The fraction of sp³-hybridized carbons (Fsp3) is 0.588. The Labute approximate surface area is 129 Å². The van der Waals surface area contributed by atoms with E-state index in [-0.39, 0.29) is 11.2 Å². The number of halogens is 2. The highest BCUT2D eigenvalue weighted by molar-refractivity contribution is 9.10. The molecule has 0 atom stereocenters. The summed E-state index contributed by atoms with van der Waals surface area (Å²) in [5.41, 5.74) is 0.801. The summed E-state index contributed by atoms with van der Waals surface area (Å²) in [5, 5.41) is 9.61. The van der Waals surface area contributed by atoms with Crippen LogP contribution in [0.5, 0.6) is 0 Å². The summed E-state index contributed by atoms with van der Waals surface area (Å²) in [4.78, 5) is 0. The van der Waals surface area contributed by atoms with Crippen molar-refractivity contribution >= 4 is 15.9 Å². The quantitative estimate of drug-likeness (QED) is 0.698. The fourth-order valence-corrected chi connectivity index (χ4v) is 3.72. The van der Waals surface area contributed by atoms with Gasteiger partial charge in [-0.3, -0.25) is 0 Å². The van der Waals surface area contributed by atoms with Gasteiger partial charge in [0, 0.05) is 0 Å². The van der Waals surface area contributed by atoms with Crippen LogP contribution in [-0.4, -0.2) is 0 Å². The van der Waals surface area contributed by atoms with Gasteiger partial charge >= 0.3 is 0 Å². The Kier molecular flexibility index (Phi) is 5.21. The fourth-order valence-electron chi connectivity index (χ4n) is 3.30. The molecule has 1 fully saturated rings. The molecule has 0 aromatic heterocycles. The summed E-state index contributed by atoms with van der Waals surface area (Å²) in [6, 6.07) is 7.65. The van der Waals surface area contributed by atoms with Crippen molar-refractivity contribution in [2.45, 2.75) is 51.9 Å². The molecule has 0 aliphatic heterocycles. The highest BCUT2D eigenvalue weighted by atomic mass is 79.9. The lowest BCUT2D eigenvalue weighted by atomic mass is 9.67. The maximum atomic E-state index is 13.3. The molecule has 108 valence electrons. The van der Waals surface area contributed by atoms with E-state index in [0.29, 0.717) is 4.47 Å². The van der Waals surface area contributed by atoms with E-state index in [9.17, 15) is 9.65 Å². The first-order valence-corrected chi connectivity index (χ1v) is 8.23. The molecule has 0 amide bonds. The molecule has 20 heavy (non-hydrogen) atoms. The van der Waals surface area contributed by atoms with Crippen LogP contribution < -0.4 is 0 Å². The van der Waals surface area contributed by atoms with Gasteiger partial charge in [0.15, 0.2) is 0 Å². The van der Waals surface area contributed by atoms with Crippen molar-refractivity contribution in [1.29, 1.82) is 5.26 Å². The standard InChI is InChI=1S/C17H21BrFN/c1-2-3-13-6-8-17(12-20,9-7-13)11-14-4-5-16(19)15(18)10-14/h4-5,10,13H,2-3,6-9,11H2,1H3. The Morgan fingerprint density at radius 1 is 1.40 bits per heavy atom. The lowest BCUT2D eigenvalue weighted by Gasteiger charge is -2.35. The van der Waals surface area contributed by atoms with Gasteiger partial charge in [0.2, 0.25) is 0 Å². The minimum Gasteiger partial charge on any atom is -0.206 e. The highest BCUT2D eigenvalue weighted by Gasteiger charge is 2.35. The predicted molar refractivity (Wildman–Crippen MR) is 82.7 cm³/mol. The van der Waals surface area contributed by atoms with Crippen molar-refractivity contribution in [3.05, 3.63) is 34.1 Å².